The van der Waals surface area contributed by atoms with E-state index < -0.39 is 5.97 Å². The average Bonchev–Trinajstić information content (AvgIpc) is 2.49. The second-order valence-corrected chi connectivity index (χ2v) is 4.76. The van der Waals surface area contributed by atoms with Crippen LogP contribution >= 0.6 is 0 Å². The highest BCUT2D eigenvalue weighted by Gasteiger charge is 2.10. The van der Waals surface area contributed by atoms with Crippen molar-refractivity contribution in [3.63, 3.8) is 0 Å². The molecule has 0 saturated carbocycles. The van der Waals surface area contributed by atoms with Crippen LogP contribution in [0, 0.1) is 5.92 Å². The van der Waals surface area contributed by atoms with Crippen molar-refractivity contribution < 1.29 is 19.4 Å². The number of nitrogens with one attached hydrogen (secondary N) is 1. The predicted octanol–water partition coefficient (Wildman–Crippen LogP) is 2.48. The van der Waals surface area contributed by atoms with Gasteiger partial charge in [-0.1, -0.05) is 19.6 Å². The molecule has 0 bridgehead atoms. The maximum Gasteiger partial charge on any atom is 0.306 e. The van der Waals surface area contributed by atoms with E-state index in [1.165, 1.54) is 0 Å². The topological polar surface area (TPSA) is 75.6 Å². The molecule has 5 heteroatoms. The first-order chi connectivity index (χ1) is 10.0. The predicted molar refractivity (Wildman–Crippen MR) is 80.5 cm³/mol. The Morgan fingerprint density at radius 3 is 2.62 bits per heavy atom. The van der Waals surface area contributed by atoms with Gasteiger partial charge in [-0.15, -0.1) is 0 Å². The molecular formula is C16H21NO4. The number of hydrogen-bond donors (Lipinski definition) is 2. The van der Waals surface area contributed by atoms with Gasteiger partial charge in [0.05, 0.1) is 5.92 Å². The van der Waals surface area contributed by atoms with Gasteiger partial charge in [0.15, 0.2) is 0 Å². The quantitative estimate of drug-likeness (QED) is 0.541. The molecule has 2 N–H and O–H groups in total. The van der Waals surface area contributed by atoms with Gasteiger partial charge in [-0.05, 0) is 37.1 Å². The van der Waals surface area contributed by atoms with E-state index in [4.69, 9.17) is 9.84 Å². The summed E-state index contributed by atoms with van der Waals surface area (Å²) in [5, 5.41) is 11.5. The molecule has 1 aromatic carbocycles. The summed E-state index contributed by atoms with van der Waals surface area (Å²) in [5.74, 6) is -0.686. The monoisotopic (exact) mass is 291 g/mol. The normalized spacial score (nSPS) is 11.5. The van der Waals surface area contributed by atoms with E-state index >= 15 is 0 Å². The molecule has 1 aromatic rings. The Labute approximate surface area is 124 Å². The highest BCUT2D eigenvalue weighted by Crippen LogP contribution is 2.12. The lowest BCUT2D eigenvalue weighted by atomic mass is 10.1. The van der Waals surface area contributed by atoms with Crippen molar-refractivity contribution >= 4 is 11.9 Å². The van der Waals surface area contributed by atoms with Gasteiger partial charge in [-0.2, -0.15) is 0 Å². The number of amides is 1. The van der Waals surface area contributed by atoms with E-state index in [1.54, 1.807) is 37.3 Å². The third kappa shape index (κ3) is 6.12. The number of ether oxygens (including phenoxy) is 1. The van der Waals surface area contributed by atoms with Crippen LogP contribution in [0.2, 0.25) is 0 Å². The van der Waals surface area contributed by atoms with E-state index in [2.05, 4.69) is 11.9 Å². The highest BCUT2D eigenvalue weighted by atomic mass is 16.5. The molecule has 0 aliphatic carbocycles. The number of rotatable bonds is 9. The molecule has 1 unspecified atom stereocenters. The maximum atomic E-state index is 11.9. The zero-order valence-electron chi connectivity index (χ0n) is 12.2. The largest absolute Gasteiger partial charge is 0.490 e. The average molecular weight is 291 g/mol. The molecule has 1 atom stereocenters. The summed E-state index contributed by atoms with van der Waals surface area (Å²) >= 11 is 0. The lowest BCUT2D eigenvalue weighted by molar-refractivity contribution is -0.141. The van der Waals surface area contributed by atoms with Crippen molar-refractivity contribution in [1.29, 1.82) is 0 Å². The molecule has 0 heterocycles. The minimum Gasteiger partial charge on any atom is -0.490 e. The molecule has 5 nitrogen and oxygen atoms in total. The van der Waals surface area contributed by atoms with E-state index in [-0.39, 0.29) is 11.8 Å². The fourth-order valence-corrected chi connectivity index (χ4v) is 1.69. The minimum absolute atomic E-state index is 0.173. The van der Waals surface area contributed by atoms with Crippen molar-refractivity contribution in [2.45, 2.75) is 19.8 Å². The second-order valence-electron chi connectivity index (χ2n) is 4.76. The summed E-state index contributed by atoms with van der Waals surface area (Å²) in [4.78, 5) is 22.5. The third-order valence-corrected chi connectivity index (χ3v) is 3.01. The van der Waals surface area contributed by atoms with Gasteiger partial charge in [0, 0.05) is 12.1 Å². The Bertz CT molecular complexity index is 482. The standard InChI is InChI=1S/C16H21NO4/c1-3-11-21-14-8-6-13(7-9-14)15(18)17-10-4-5-12(2)16(19)20/h3,6-9,12H,1,4-5,10-11H2,2H3,(H,17,18)(H,19,20). The van der Waals surface area contributed by atoms with E-state index in [0.29, 0.717) is 37.3 Å². The van der Waals surface area contributed by atoms with Crippen LogP contribution in [-0.2, 0) is 4.79 Å². The molecule has 0 aromatic heterocycles. The third-order valence-electron chi connectivity index (χ3n) is 3.01. The van der Waals surface area contributed by atoms with E-state index in [9.17, 15) is 9.59 Å². The van der Waals surface area contributed by atoms with Crippen LogP contribution in [0.4, 0.5) is 0 Å². The molecule has 21 heavy (non-hydrogen) atoms. The minimum atomic E-state index is -0.809. The Kier molecular flexibility index (Phi) is 7.01. The van der Waals surface area contributed by atoms with Crippen LogP contribution in [0.1, 0.15) is 30.1 Å². The van der Waals surface area contributed by atoms with E-state index in [0.717, 1.165) is 0 Å². The van der Waals surface area contributed by atoms with Crippen LogP contribution in [-0.4, -0.2) is 30.1 Å². The fraction of sp³-hybridized carbons (Fsp3) is 0.375. The van der Waals surface area contributed by atoms with Crippen molar-refractivity contribution in [3.8, 4) is 5.75 Å². The summed E-state index contributed by atoms with van der Waals surface area (Å²) in [6.07, 6.45) is 2.84. The molecule has 0 radical (unpaired) electrons. The molecule has 1 rings (SSSR count). The smallest absolute Gasteiger partial charge is 0.306 e. The highest BCUT2D eigenvalue weighted by molar-refractivity contribution is 5.94. The van der Waals surface area contributed by atoms with Crippen LogP contribution in [0.25, 0.3) is 0 Å². The van der Waals surface area contributed by atoms with Crippen molar-refractivity contribution in [1.82, 2.24) is 5.32 Å². The number of hydrogen-bond acceptors (Lipinski definition) is 3. The number of benzene rings is 1. The van der Waals surface area contributed by atoms with Gasteiger partial charge in [-0.3, -0.25) is 9.59 Å². The lowest BCUT2D eigenvalue weighted by Crippen LogP contribution is -2.25. The zero-order valence-corrected chi connectivity index (χ0v) is 12.2. The number of carboxylic acid groups (broad SMARTS) is 1. The molecular weight excluding hydrogens is 270 g/mol. The summed E-state index contributed by atoms with van der Waals surface area (Å²) in [7, 11) is 0. The fourth-order valence-electron chi connectivity index (χ4n) is 1.69. The Morgan fingerprint density at radius 1 is 1.38 bits per heavy atom. The van der Waals surface area contributed by atoms with Gasteiger partial charge < -0.3 is 15.2 Å². The molecule has 114 valence electrons. The summed E-state index contributed by atoms with van der Waals surface area (Å²) in [5.41, 5.74) is 0.548. The Morgan fingerprint density at radius 2 is 2.05 bits per heavy atom. The lowest BCUT2D eigenvalue weighted by Gasteiger charge is -2.08. The zero-order chi connectivity index (χ0) is 15.7. The second kappa shape index (κ2) is 8.79. The number of carbonyl (C=O) groups is 2. The van der Waals surface area contributed by atoms with Crippen LogP contribution in [0.5, 0.6) is 5.75 Å². The van der Waals surface area contributed by atoms with Crippen molar-refractivity contribution in [2.75, 3.05) is 13.2 Å². The summed E-state index contributed by atoms with van der Waals surface area (Å²) in [6.45, 7) is 6.11. The van der Waals surface area contributed by atoms with Gasteiger partial charge >= 0.3 is 5.97 Å². The molecule has 0 spiro atoms. The first-order valence-corrected chi connectivity index (χ1v) is 6.89. The van der Waals surface area contributed by atoms with Crippen molar-refractivity contribution in [3.05, 3.63) is 42.5 Å². The van der Waals surface area contributed by atoms with Crippen LogP contribution < -0.4 is 10.1 Å². The van der Waals surface area contributed by atoms with E-state index in [1.807, 2.05) is 0 Å². The maximum absolute atomic E-state index is 11.9. The molecule has 0 fully saturated rings. The first kappa shape index (κ1) is 16.8. The molecule has 0 aliphatic heterocycles. The van der Waals surface area contributed by atoms with Crippen molar-refractivity contribution in [2.24, 2.45) is 5.92 Å². The molecule has 0 aliphatic rings. The van der Waals surface area contributed by atoms with Gasteiger partial charge in [0.2, 0.25) is 0 Å². The number of aliphatic carboxylic acids is 1. The molecule has 0 saturated heterocycles. The van der Waals surface area contributed by atoms with Crippen LogP contribution in [0.3, 0.4) is 0 Å². The first-order valence-electron chi connectivity index (χ1n) is 6.89. The van der Waals surface area contributed by atoms with Crippen LogP contribution in [0.15, 0.2) is 36.9 Å². The number of carbonyl (C=O) groups excluding carboxylic acids is 1. The van der Waals surface area contributed by atoms with Gasteiger partial charge in [0.1, 0.15) is 12.4 Å². The SMILES string of the molecule is C=CCOc1ccc(C(=O)NCCCC(C)C(=O)O)cc1. The summed E-state index contributed by atoms with van der Waals surface area (Å²) < 4.78 is 5.33. The number of carboxylic acids is 1. The summed E-state index contributed by atoms with van der Waals surface area (Å²) in [6, 6.07) is 6.83. The van der Waals surface area contributed by atoms with Gasteiger partial charge in [0.25, 0.3) is 5.91 Å². The van der Waals surface area contributed by atoms with Gasteiger partial charge in [-0.25, -0.2) is 0 Å². The Hall–Kier alpha value is -2.30. The molecule has 1 amide bonds. The Balaban J connectivity index is 2.35.